The molecule has 0 unspecified atom stereocenters. The first-order valence-corrected chi connectivity index (χ1v) is 8.22. The van der Waals surface area contributed by atoms with Gasteiger partial charge in [-0.25, -0.2) is 24.3 Å². The Balaban J connectivity index is -0.000000238. The van der Waals surface area contributed by atoms with E-state index in [0.29, 0.717) is 0 Å². The topological polar surface area (TPSA) is 28.2 Å². The maximum Gasteiger partial charge on any atom is 4.00 e. The molecule has 0 saturated heterocycles. The summed E-state index contributed by atoms with van der Waals surface area (Å²) in [5.41, 5.74) is 2.86. The third kappa shape index (κ3) is 21.5. The summed E-state index contributed by atoms with van der Waals surface area (Å²) in [5, 5.41) is 7.47. The molecule has 0 radical (unpaired) electrons. The van der Waals surface area contributed by atoms with E-state index in [9.17, 15) is 0 Å². The molecule has 0 aliphatic carbocycles. The van der Waals surface area contributed by atoms with E-state index in [2.05, 4.69) is 73.0 Å². The van der Waals surface area contributed by atoms with Gasteiger partial charge in [0.1, 0.15) is 0 Å². The summed E-state index contributed by atoms with van der Waals surface area (Å²) < 4.78 is 0. The van der Waals surface area contributed by atoms with Crippen LogP contribution < -0.4 is 0 Å². The minimum Gasteiger partial charge on any atom is -0.665 e. The number of hydrogen-bond acceptors (Lipinski definition) is 0. The van der Waals surface area contributed by atoms with Gasteiger partial charge in [-0.15, -0.1) is 0 Å². The average Bonchev–Trinajstić information content (AvgIpc) is 3.28. The first kappa shape index (κ1) is 27.3. The van der Waals surface area contributed by atoms with Crippen molar-refractivity contribution in [2.45, 2.75) is 40.5 Å². The van der Waals surface area contributed by atoms with Crippen LogP contribution >= 0.6 is 0 Å². The Kier molecular flexibility index (Phi) is 28.2. The average molecular weight is 481 g/mol. The number of hydrogen-bond donors (Lipinski definition) is 0. The molecular formula is C20H34HfN2. The van der Waals surface area contributed by atoms with Gasteiger partial charge in [0.2, 0.25) is 0 Å². The third-order valence-electron chi connectivity index (χ3n) is 2.91. The molecule has 2 aromatic rings. The number of nitrogens with zero attached hydrogens (tertiary/aromatic N) is 2. The van der Waals surface area contributed by atoms with E-state index < -0.39 is 0 Å². The zero-order chi connectivity index (χ0) is 17.1. The van der Waals surface area contributed by atoms with Crippen LogP contribution in [0.2, 0.25) is 0 Å². The van der Waals surface area contributed by atoms with Gasteiger partial charge in [0.25, 0.3) is 0 Å². The largest absolute Gasteiger partial charge is 4.00 e. The standard InChI is InChI=1S/2C7H9.2C3H8N.Hf/c2*1-2-7-5-3-4-6-7;2*1-3-4-2;/h2*3-6H,2H2,1H3;2*3H2,1-2H3;/q4*-1;+4. The third-order valence-corrected chi connectivity index (χ3v) is 2.91. The van der Waals surface area contributed by atoms with Crippen molar-refractivity contribution in [1.82, 2.24) is 0 Å². The SMILES string of the molecule is CC[N-]C.CC[N-]C.CC[c-]1cccc1.CC[c-]1cccc1.[Hf+4]. The van der Waals surface area contributed by atoms with Crippen LogP contribution in [0, 0.1) is 0 Å². The summed E-state index contributed by atoms with van der Waals surface area (Å²) in [6, 6.07) is 16.8. The molecule has 0 aliphatic heterocycles. The quantitative estimate of drug-likeness (QED) is 0.382. The summed E-state index contributed by atoms with van der Waals surface area (Å²) in [6.45, 7) is 10.2. The normalized spacial score (nSPS) is 8.26. The maximum absolute atomic E-state index is 3.74. The molecule has 0 bridgehead atoms. The Morgan fingerprint density at radius 2 is 0.826 bits per heavy atom. The van der Waals surface area contributed by atoms with Crippen LogP contribution in [0.5, 0.6) is 0 Å². The number of aryl methyl sites for hydroxylation is 2. The molecule has 23 heavy (non-hydrogen) atoms. The molecule has 2 nitrogen and oxygen atoms in total. The summed E-state index contributed by atoms with van der Waals surface area (Å²) in [7, 11) is 3.61. The molecule has 0 saturated carbocycles. The Morgan fingerprint density at radius 3 is 0.913 bits per heavy atom. The van der Waals surface area contributed by atoms with E-state index >= 15 is 0 Å². The molecule has 0 aromatic heterocycles. The van der Waals surface area contributed by atoms with Crippen LogP contribution in [0.25, 0.3) is 10.6 Å². The molecule has 2 aromatic carbocycles. The Hall–Kier alpha value is -0.510. The van der Waals surface area contributed by atoms with Gasteiger partial charge >= 0.3 is 25.8 Å². The monoisotopic (exact) mass is 482 g/mol. The van der Waals surface area contributed by atoms with Crippen molar-refractivity contribution < 1.29 is 25.8 Å². The second-order valence-corrected chi connectivity index (χ2v) is 4.56. The van der Waals surface area contributed by atoms with Crippen molar-refractivity contribution in [2.24, 2.45) is 0 Å². The van der Waals surface area contributed by atoms with Crippen molar-refractivity contribution in [3.05, 3.63) is 70.3 Å². The van der Waals surface area contributed by atoms with Crippen molar-refractivity contribution in [2.75, 3.05) is 27.2 Å². The zero-order valence-electron chi connectivity index (χ0n) is 15.8. The Bertz CT molecular complexity index is 324. The minimum absolute atomic E-state index is 0. The zero-order valence-corrected chi connectivity index (χ0v) is 19.4. The van der Waals surface area contributed by atoms with Gasteiger partial charge in [0, 0.05) is 0 Å². The van der Waals surface area contributed by atoms with E-state index in [1.807, 2.05) is 13.8 Å². The van der Waals surface area contributed by atoms with Crippen LogP contribution in [0.4, 0.5) is 0 Å². The van der Waals surface area contributed by atoms with E-state index in [0.717, 1.165) is 25.9 Å². The molecule has 0 heterocycles. The Labute approximate surface area is 163 Å². The molecule has 0 fully saturated rings. The fourth-order valence-electron chi connectivity index (χ4n) is 1.30. The smallest absolute Gasteiger partial charge is 0.665 e. The summed E-state index contributed by atoms with van der Waals surface area (Å²) >= 11 is 0. The summed E-state index contributed by atoms with van der Waals surface area (Å²) in [4.78, 5) is 0. The van der Waals surface area contributed by atoms with Crippen LogP contribution in [0.15, 0.2) is 48.5 Å². The van der Waals surface area contributed by atoms with E-state index in [4.69, 9.17) is 0 Å². The van der Waals surface area contributed by atoms with Crippen LogP contribution in [-0.2, 0) is 38.7 Å². The Morgan fingerprint density at radius 1 is 0.609 bits per heavy atom. The molecule has 0 spiro atoms. The van der Waals surface area contributed by atoms with Gasteiger partial charge < -0.3 is 10.6 Å². The van der Waals surface area contributed by atoms with Gasteiger partial charge in [-0.1, -0.05) is 40.5 Å². The predicted octanol–water partition coefficient (Wildman–Crippen LogP) is 5.95. The molecule has 3 heteroatoms. The number of rotatable bonds is 4. The second-order valence-electron chi connectivity index (χ2n) is 4.56. The molecule has 0 aliphatic rings. The molecular weight excluding hydrogens is 447 g/mol. The minimum atomic E-state index is 0. The van der Waals surface area contributed by atoms with Crippen LogP contribution in [0.3, 0.4) is 0 Å². The van der Waals surface area contributed by atoms with Crippen molar-refractivity contribution >= 4 is 0 Å². The van der Waals surface area contributed by atoms with Crippen molar-refractivity contribution in [3.8, 4) is 0 Å². The predicted molar refractivity (Wildman–Crippen MR) is 102 cm³/mol. The van der Waals surface area contributed by atoms with E-state index in [1.165, 1.54) is 11.1 Å². The van der Waals surface area contributed by atoms with Crippen LogP contribution in [-0.4, -0.2) is 27.2 Å². The van der Waals surface area contributed by atoms with Gasteiger partial charge in [0.15, 0.2) is 0 Å². The van der Waals surface area contributed by atoms with E-state index in [1.54, 1.807) is 14.1 Å². The van der Waals surface area contributed by atoms with Gasteiger partial charge in [-0.05, 0) is 0 Å². The first-order valence-electron chi connectivity index (χ1n) is 8.22. The van der Waals surface area contributed by atoms with Crippen molar-refractivity contribution in [1.29, 1.82) is 0 Å². The molecule has 0 N–H and O–H groups in total. The van der Waals surface area contributed by atoms with Gasteiger partial charge in [0.05, 0.1) is 0 Å². The fourth-order valence-corrected chi connectivity index (χ4v) is 1.30. The van der Waals surface area contributed by atoms with Crippen LogP contribution in [0.1, 0.15) is 38.8 Å². The molecule has 2 rings (SSSR count). The molecule has 0 atom stereocenters. The van der Waals surface area contributed by atoms with Crippen molar-refractivity contribution in [3.63, 3.8) is 0 Å². The maximum atomic E-state index is 3.74. The first-order chi connectivity index (χ1) is 10.7. The van der Waals surface area contributed by atoms with E-state index in [-0.39, 0.29) is 25.8 Å². The molecule has 0 amide bonds. The summed E-state index contributed by atoms with van der Waals surface area (Å²) in [5.74, 6) is 0. The van der Waals surface area contributed by atoms with Gasteiger partial charge in [-0.2, -0.15) is 62.6 Å². The van der Waals surface area contributed by atoms with Gasteiger partial charge in [-0.3, -0.25) is 0 Å². The fraction of sp³-hybridized carbons (Fsp3) is 0.500. The second kappa shape index (κ2) is 23.8. The molecule has 128 valence electrons. The summed E-state index contributed by atoms with van der Waals surface area (Å²) in [6.07, 6.45) is 2.32.